The molecule has 0 aliphatic carbocycles. The van der Waals surface area contributed by atoms with Crippen LogP contribution in [0.2, 0.25) is 0 Å². The van der Waals surface area contributed by atoms with E-state index in [-0.39, 0.29) is 24.0 Å². The minimum atomic E-state index is 0. The molecule has 26 heavy (non-hydrogen) atoms. The van der Waals surface area contributed by atoms with Crippen molar-refractivity contribution in [2.24, 2.45) is 4.99 Å². The molecule has 0 spiro atoms. The highest BCUT2D eigenvalue weighted by Gasteiger charge is 1.98. The standard InChI is InChI=1S/C18H31N3O4.HI/c1-19-18(20-10-4-12-24-15-14-22-2)21-11-5-13-25-17-8-6-16(23-3)7-9-17;/h6-9H,4-5,10-15H2,1-3H3,(H2,19,20,21);1H. The van der Waals surface area contributed by atoms with Crippen LogP contribution < -0.4 is 20.1 Å². The minimum absolute atomic E-state index is 0. The molecular weight excluding hydrogens is 449 g/mol. The number of benzene rings is 1. The van der Waals surface area contributed by atoms with E-state index in [2.05, 4.69) is 15.6 Å². The van der Waals surface area contributed by atoms with Crippen LogP contribution in [0.5, 0.6) is 11.5 Å². The molecule has 2 N–H and O–H groups in total. The second kappa shape index (κ2) is 17.2. The van der Waals surface area contributed by atoms with E-state index in [0.717, 1.165) is 43.4 Å². The lowest BCUT2D eigenvalue weighted by Crippen LogP contribution is -2.38. The van der Waals surface area contributed by atoms with Gasteiger partial charge in [0.05, 0.1) is 26.9 Å². The first-order valence-electron chi connectivity index (χ1n) is 8.58. The minimum Gasteiger partial charge on any atom is -0.497 e. The van der Waals surface area contributed by atoms with Crippen LogP contribution in [0, 0.1) is 0 Å². The second-order valence-corrected chi connectivity index (χ2v) is 5.26. The van der Waals surface area contributed by atoms with Gasteiger partial charge in [-0.05, 0) is 37.1 Å². The molecule has 0 atom stereocenters. The highest BCUT2D eigenvalue weighted by atomic mass is 127. The van der Waals surface area contributed by atoms with Gasteiger partial charge in [-0.25, -0.2) is 0 Å². The predicted molar refractivity (Wildman–Crippen MR) is 115 cm³/mol. The van der Waals surface area contributed by atoms with Crippen molar-refractivity contribution in [1.82, 2.24) is 10.6 Å². The van der Waals surface area contributed by atoms with E-state index in [4.69, 9.17) is 18.9 Å². The number of methoxy groups -OCH3 is 2. The Morgan fingerprint density at radius 3 is 2.08 bits per heavy atom. The second-order valence-electron chi connectivity index (χ2n) is 5.26. The maximum atomic E-state index is 5.68. The number of hydrogen-bond donors (Lipinski definition) is 2. The van der Waals surface area contributed by atoms with Crippen LogP contribution >= 0.6 is 24.0 Å². The highest BCUT2D eigenvalue weighted by Crippen LogP contribution is 2.16. The summed E-state index contributed by atoms with van der Waals surface area (Å²) in [6.07, 6.45) is 1.80. The number of nitrogens with one attached hydrogen (secondary N) is 2. The van der Waals surface area contributed by atoms with E-state index in [1.54, 1.807) is 21.3 Å². The Morgan fingerprint density at radius 1 is 0.885 bits per heavy atom. The lowest BCUT2D eigenvalue weighted by Gasteiger charge is -2.12. The van der Waals surface area contributed by atoms with Gasteiger partial charge in [0.1, 0.15) is 11.5 Å². The van der Waals surface area contributed by atoms with Crippen molar-refractivity contribution in [3.63, 3.8) is 0 Å². The van der Waals surface area contributed by atoms with Crippen molar-refractivity contribution in [1.29, 1.82) is 0 Å². The van der Waals surface area contributed by atoms with E-state index in [9.17, 15) is 0 Å². The molecule has 150 valence electrons. The van der Waals surface area contributed by atoms with Crippen molar-refractivity contribution in [2.45, 2.75) is 12.8 Å². The summed E-state index contributed by atoms with van der Waals surface area (Å²) in [5.74, 6) is 2.46. The molecule has 8 heteroatoms. The van der Waals surface area contributed by atoms with E-state index in [1.807, 2.05) is 24.3 Å². The molecule has 1 rings (SSSR count). The summed E-state index contributed by atoms with van der Waals surface area (Å²) in [6.45, 7) is 4.23. The Labute approximate surface area is 173 Å². The molecule has 0 amide bonds. The number of aliphatic imine (C=N–C) groups is 1. The molecule has 1 aromatic rings. The molecule has 0 aliphatic heterocycles. The smallest absolute Gasteiger partial charge is 0.190 e. The maximum Gasteiger partial charge on any atom is 0.190 e. The van der Waals surface area contributed by atoms with Crippen LogP contribution in [0.4, 0.5) is 0 Å². The summed E-state index contributed by atoms with van der Waals surface area (Å²) in [6, 6.07) is 7.58. The van der Waals surface area contributed by atoms with Crippen LogP contribution in [0.3, 0.4) is 0 Å². The number of hydrogen-bond acceptors (Lipinski definition) is 5. The van der Waals surface area contributed by atoms with Crippen LogP contribution in [0.25, 0.3) is 0 Å². The topological polar surface area (TPSA) is 73.3 Å². The normalized spacial score (nSPS) is 10.8. The number of ether oxygens (including phenoxy) is 4. The average Bonchev–Trinajstić information content (AvgIpc) is 2.65. The van der Waals surface area contributed by atoms with Gasteiger partial charge in [-0.15, -0.1) is 24.0 Å². The summed E-state index contributed by atoms with van der Waals surface area (Å²) in [5, 5.41) is 6.52. The van der Waals surface area contributed by atoms with Crippen molar-refractivity contribution in [3.8, 4) is 11.5 Å². The third-order valence-corrected chi connectivity index (χ3v) is 3.36. The maximum absolute atomic E-state index is 5.68. The average molecular weight is 481 g/mol. The van der Waals surface area contributed by atoms with Crippen LogP contribution in [-0.4, -0.2) is 66.7 Å². The lowest BCUT2D eigenvalue weighted by molar-refractivity contribution is 0.0698. The van der Waals surface area contributed by atoms with E-state index in [1.165, 1.54) is 0 Å². The Bertz CT molecular complexity index is 472. The fourth-order valence-electron chi connectivity index (χ4n) is 1.99. The summed E-state index contributed by atoms with van der Waals surface area (Å²) >= 11 is 0. The zero-order valence-corrected chi connectivity index (χ0v) is 18.3. The third kappa shape index (κ3) is 12.2. The van der Waals surface area contributed by atoms with Crippen molar-refractivity contribution in [2.75, 3.05) is 60.8 Å². The van der Waals surface area contributed by atoms with Gasteiger partial charge in [0.25, 0.3) is 0 Å². The summed E-state index contributed by atoms with van der Waals surface area (Å²) in [4.78, 5) is 4.19. The van der Waals surface area contributed by atoms with Crippen molar-refractivity contribution >= 4 is 29.9 Å². The van der Waals surface area contributed by atoms with Gasteiger partial charge in [-0.3, -0.25) is 4.99 Å². The zero-order chi connectivity index (χ0) is 18.2. The van der Waals surface area contributed by atoms with Crippen LogP contribution in [-0.2, 0) is 9.47 Å². The molecule has 0 aliphatic rings. The zero-order valence-electron chi connectivity index (χ0n) is 16.0. The van der Waals surface area contributed by atoms with E-state index >= 15 is 0 Å². The Kier molecular flexibility index (Phi) is 16.3. The first kappa shape index (κ1) is 24.7. The lowest BCUT2D eigenvalue weighted by atomic mass is 10.3. The summed E-state index contributed by atoms with van der Waals surface area (Å²) in [7, 11) is 5.08. The molecule has 1 aromatic carbocycles. The highest BCUT2D eigenvalue weighted by molar-refractivity contribution is 14.0. The molecule has 0 aromatic heterocycles. The van der Waals surface area contributed by atoms with Crippen LogP contribution in [0.1, 0.15) is 12.8 Å². The molecule has 0 fully saturated rings. The SMILES string of the molecule is CN=C(NCCCOCCOC)NCCCOc1ccc(OC)cc1.I. The Morgan fingerprint density at radius 2 is 1.50 bits per heavy atom. The number of guanidine groups is 1. The molecule has 7 nitrogen and oxygen atoms in total. The largest absolute Gasteiger partial charge is 0.497 e. The van der Waals surface area contributed by atoms with Gasteiger partial charge in [0.2, 0.25) is 0 Å². The predicted octanol–water partition coefficient (Wildman–Crippen LogP) is 2.30. The number of rotatable bonds is 13. The first-order valence-corrected chi connectivity index (χ1v) is 8.58. The van der Waals surface area contributed by atoms with Crippen LogP contribution in [0.15, 0.2) is 29.3 Å². The fourth-order valence-corrected chi connectivity index (χ4v) is 1.99. The monoisotopic (exact) mass is 481 g/mol. The quantitative estimate of drug-likeness (QED) is 0.195. The molecule has 0 bridgehead atoms. The van der Waals surface area contributed by atoms with Crippen molar-refractivity contribution in [3.05, 3.63) is 24.3 Å². The van der Waals surface area contributed by atoms with Gasteiger partial charge in [-0.2, -0.15) is 0 Å². The molecule has 0 saturated heterocycles. The number of nitrogens with zero attached hydrogens (tertiary/aromatic N) is 1. The van der Waals surface area contributed by atoms with Gasteiger partial charge in [-0.1, -0.05) is 0 Å². The van der Waals surface area contributed by atoms with Gasteiger partial charge >= 0.3 is 0 Å². The first-order chi connectivity index (χ1) is 12.3. The Balaban J connectivity index is 0.00000625. The molecule has 0 radical (unpaired) electrons. The fraction of sp³-hybridized carbons (Fsp3) is 0.611. The van der Waals surface area contributed by atoms with Gasteiger partial charge < -0.3 is 29.6 Å². The molecule has 0 saturated carbocycles. The van der Waals surface area contributed by atoms with E-state index < -0.39 is 0 Å². The summed E-state index contributed by atoms with van der Waals surface area (Å²) < 4.78 is 21.1. The number of halogens is 1. The van der Waals surface area contributed by atoms with Crippen molar-refractivity contribution < 1.29 is 18.9 Å². The van der Waals surface area contributed by atoms with Gasteiger partial charge in [0.15, 0.2) is 5.96 Å². The molecule has 0 unspecified atom stereocenters. The Hall–Kier alpha value is -1.26. The molecular formula is C18H32IN3O4. The third-order valence-electron chi connectivity index (χ3n) is 3.36. The van der Waals surface area contributed by atoms with Gasteiger partial charge in [0, 0.05) is 33.9 Å². The van der Waals surface area contributed by atoms with E-state index in [0.29, 0.717) is 26.4 Å². The summed E-state index contributed by atoms with van der Waals surface area (Å²) in [5.41, 5.74) is 0. The molecule has 0 heterocycles.